The molecule has 0 unspecified atom stereocenters. The Morgan fingerprint density at radius 3 is 2.58 bits per heavy atom. The zero-order valence-electron chi connectivity index (χ0n) is 5.67. The average Bonchev–Trinajstić information content (AvgIpc) is 2.01. The number of nitriles is 1. The summed E-state index contributed by atoms with van der Waals surface area (Å²) in [7, 11) is 0. The van der Waals surface area contributed by atoms with Crippen molar-refractivity contribution in [2.45, 2.75) is 4.90 Å². The molecule has 0 aliphatic heterocycles. The van der Waals surface area contributed by atoms with Crippen molar-refractivity contribution in [3.8, 4) is 11.8 Å². The van der Waals surface area contributed by atoms with Crippen LogP contribution in [0.2, 0.25) is 0 Å². The molecule has 0 amide bonds. The monoisotopic (exact) mass is 187 g/mol. The Morgan fingerprint density at radius 2 is 2.08 bits per heavy atom. The zero-order valence-corrected chi connectivity index (χ0v) is 6.57. The summed E-state index contributed by atoms with van der Waals surface area (Å²) in [5.41, 5.74) is -0.738. The number of hydrogen-bond donors (Lipinski definition) is 2. The molecule has 62 valence electrons. The number of halogens is 2. The number of phenols is 1. The highest BCUT2D eigenvalue weighted by atomic mass is 32.1. The maximum absolute atomic E-state index is 12.8. The first kappa shape index (κ1) is 8.81. The fourth-order valence-electron chi connectivity index (χ4n) is 0.699. The van der Waals surface area contributed by atoms with Gasteiger partial charge in [0.05, 0.1) is 4.90 Å². The van der Waals surface area contributed by atoms with E-state index in [0.717, 1.165) is 0 Å². The molecular formula is C7H3F2NOS. The van der Waals surface area contributed by atoms with Crippen LogP contribution in [-0.4, -0.2) is 5.11 Å². The lowest BCUT2D eigenvalue weighted by Gasteiger charge is -2.01. The molecule has 0 aromatic heterocycles. The van der Waals surface area contributed by atoms with Gasteiger partial charge in [0, 0.05) is 6.07 Å². The maximum Gasteiger partial charge on any atom is 0.160 e. The van der Waals surface area contributed by atoms with Crippen LogP contribution in [0, 0.1) is 23.0 Å². The van der Waals surface area contributed by atoms with Crippen LogP contribution >= 0.6 is 12.6 Å². The van der Waals surface area contributed by atoms with Crippen molar-refractivity contribution < 1.29 is 13.9 Å². The van der Waals surface area contributed by atoms with E-state index < -0.39 is 27.8 Å². The summed E-state index contributed by atoms with van der Waals surface area (Å²) in [5, 5.41) is 17.1. The van der Waals surface area contributed by atoms with Gasteiger partial charge in [-0.1, -0.05) is 0 Å². The van der Waals surface area contributed by atoms with Crippen LogP contribution in [0.3, 0.4) is 0 Å². The van der Waals surface area contributed by atoms with Gasteiger partial charge in [0.2, 0.25) is 0 Å². The summed E-state index contributed by atoms with van der Waals surface area (Å²) >= 11 is 3.54. The Bertz CT molecular complexity index is 373. The largest absolute Gasteiger partial charge is 0.507 e. The number of nitrogens with zero attached hydrogens (tertiary/aromatic N) is 1. The Balaban J connectivity index is 3.54. The third-order valence-electron chi connectivity index (χ3n) is 1.28. The molecular weight excluding hydrogens is 184 g/mol. The number of hydrogen-bond acceptors (Lipinski definition) is 3. The van der Waals surface area contributed by atoms with Crippen molar-refractivity contribution in [1.29, 1.82) is 5.26 Å². The number of phenolic OH excluding ortho intramolecular Hbond substituents is 1. The first-order valence-corrected chi connectivity index (χ1v) is 3.32. The molecule has 0 heterocycles. The first-order chi connectivity index (χ1) is 5.57. The molecule has 1 aromatic rings. The van der Waals surface area contributed by atoms with E-state index in [1.54, 1.807) is 0 Å². The molecule has 0 atom stereocenters. The molecule has 0 fully saturated rings. The Kier molecular flexibility index (Phi) is 2.20. The van der Waals surface area contributed by atoms with Crippen LogP contribution in [0.1, 0.15) is 5.56 Å². The minimum absolute atomic E-state index is 0.423. The van der Waals surface area contributed by atoms with Gasteiger partial charge in [0.15, 0.2) is 5.82 Å². The predicted molar refractivity (Wildman–Crippen MR) is 40.0 cm³/mol. The second-order valence-electron chi connectivity index (χ2n) is 2.03. The predicted octanol–water partition coefficient (Wildman–Crippen LogP) is 1.83. The van der Waals surface area contributed by atoms with Gasteiger partial charge in [-0.2, -0.15) is 5.26 Å². The maximum atomic E-state index is 12.8. The van der Waals surface area contributed by atoms with Crippen LogP contribution in [0.15, 0.2) is 11.0 Å². The third-order valence-corrected chi connectivity index (χ3v) is 1.71. The number of rotatable bonds is 0. The van der Waals surface area contributed by atoms with Crippen LogP contribution in [-0.2, 0) is 0 Å². The first-order valence-electron chi connectivity index (χ1n) is 2.88. The summed E-state index contributed by atoms with van der Waals surface area (Å²) in [4.78, 5) is -0.423. The van der Waals surface area contributed by atoms with Crippen molar-refractivity contribution in [1.82, 2.24) is 0 Å². The van der Waals surface area contributed by atoms with Crippen LogP contribution in [0.4, 0.5) is 8.78 Å². The molecule has 1 rings (SSSR count). The average molecular weight is 187 g/mol. The van der Waals surface area contributed by atoms with Crippen molar-refractivity contribution in [2.24, 2.45) is 0 Å². The molecule has 0 saturated heterocycles. The van der Waals surface area contributed by atoms with Crippen LogP contribution in [0.5, 0.6) is 5.75 Å². The lowest BCUT2D eigenvalue weighted by Crippen LogP contribution is -1.91. The van der Waals surface area contributed by atoms with Crippen molar-refractivity contribution >= 4 is 12.6 Å². The Morgan fingerprint density at radius 1 is 1.50 bits per heavy atom. The molecule has 0 aliphatic carbocycles. The molecule has 0 bridgehead atoms. The van der Waals surface area contributed by atoms with E-state index in [0.29, 0.717) is 6.07 Å². The van der Waals surface area contributed by atoms with Crippen molar-refractivity contribution in [3.05, 3.63) is 23.3 Å². The smallest absolute Gasteiger partial charge is 0.160 e. The van der Waals surface area contributed by atoms with Gasteiger partial charge in [-0.05, 0) is 0 Å². The molecule has 0 radical (unpaired) electrons. The van der Waals surface area contributed by atoms with Gasteiger partial charge < -0.3 is 5.11 Å². The summed E-state index contributed by atoms with van der Waals surface area (Å²) in [6.45, 7) is 0. The minimum Gasteiger partial charge on any atom is -0.507 e. The van der Waals surface area contributed by atoms with Gasteiger partial charge in [-0.25, -0.2) is 8.78 Å². The summed E-state index contributed by atoms with van der Waals surface area (Å²) in [6, 6.07) is 1.96. The second kappa shape index (κ2) is 2.99. The van der Waals surface area contributed by atoms with Gasteiger partial charge in [0.25, 0.3) is 0 Å². The van der Waals surface area contributed by atoms with Crippen molar-refractivity contribution in [2.75, 3.05) is 0 Å². The molecule has 5 heteroatoms. The number of thiol groups is 1. The third kappa shape index (κ3) is 1.21. The lowest BCUT2D eigenvalue weighted by molar-refractivity contribution is 0.440. The summed E-state index contributed by atoms with van der Waals surface area (Å²) in [5.74, 6) is -2.85. The summed E-state index contributed by atoms with van der Waals surface area (Å²) in [6.07, 6.45) is 0. The molecule has 0 saturated carbocycles. The molecule has 1 aromatic carbocycles. The lowest BCUT2D eigenvalue weighted by atomic mass is 10.2. The van der Waals surface area contributed by atoms with E-state index in [-0.39, 0.29) is 0 Å². The SMILES string of the molecule is N#Cc1c(F)cc(O)c(S)c1F. The fraction of sp³-hybridized carbons (Fsp3) is 0. The van der Waals surface area contributed by atoms with E-state index in [2.05, 4.69) is 12.6 Å². The van der Waals surface area contributed by atoms with E-state index in [9.17, 15) is 8.78 Å². The Hall–Kier alpha value is -1.28. The topological polar surface area (TPSA) is 44.0 Å². The number of benzene rings is 1. The normalized spacial score (nSPS) is 9.50. The van der Waals surface area contributed by atoms with Gasteiger partial charge in [-0.3, -0.25) is 0 Å². The van der Waals surface area contributed by atoms with E-state index >= 15 is 0 Å². The zero-order chi connectivity index (χ0) is 9.30. The van der Waals surface area contributed by atoms with Gasteiger partial charge >= 0.3 is 0 Å². The van der Waals surface area contributed by atoms with Gasteiger partial charge in [0.1, 0.15) is 23.2 Å². The Labute approximate surface area is 72.5 Å². The second-order valence-corrected chi connectivity index (χ2v) is 2.47. The highest BCUT2D eigenvalue weighted by molar-refractivity contribution is 7.80. The van der Waals surface area contributed by atoms with Crippen LogP contribution in [0.25, 0.3) is 0 Å². The highest BCUT2D eigenvalue weighted by Gasteiger charge is 2.15. The molecule has 0 spiro atoms. The molecule has 1 N–H and O–H groups in total. The van der Waals surface area contributed by atoms with Gasteiger partial charge in [-0.15, -0.1) is 12.6 Å². The van der Waals surface area contributed by atoms with E-state index in [1.165, 1.54) is 6.07 Å². The standard InChI is InChI=1S/C7H3F2NOS/c8-4-1-5(11)7(12)6(9)3(4)2-10/h1,11-12H. The molecule has 0 aliphatic rings. The minimum atomic E-state index is -1.14. The molecule has 12 heavy (non-hydrogen) atoms. The van der Waals surface area contributed by atoms with E-state index in [1.807, 2.05) is 0 Å². The van der Waals surface area contributed by atoms with Crippen molar-refractivity contribution in [3.63, 3.8) is 0 Å². The highest BCUT2D eigenvalue weighted by Crippen LogP contribution is 2.28. The number of aromatic hydroxyl groups is 1. The van der Waals surface area contributed by atoms with E-state index in [4.69, 9.17) is 10.4 Å². The summed E-state index contributed by atoms with van der Waals surface area (Å²) < 4.78 is 25.5. The fourth-order valence-corrected chi connectivity index (χ4v) is 0.875. The van der Waals surface area contributed by atoms with Crippen LogP contribution < -0.4 is 0 Å². The quantitative estimate of drug-likeness (QED) is 0.608. The molecule has 2 nitrogen and oxygen atoms in total.